The summed E-state index contributed by atoms with van der Waals surface area (Å²) in [5.74, 6) is 6.65. The van der Waals surface area contributed by atoms with Crippen molar-refractivity contribution in [2.75, 3.05) is 10.3 Å². The van der Waals surface area contributed by atoms with Gasteiger partial charge in [-0.2, -0.15) is 4.98 Å². The maximum absolute atomic E-state index is 5.34. The Labute approximate surface area is 111 Å². The smallest absolute Gasteiger partial charge is 0.239 e. The second kappa shape index (κ2) is 5.79. The molecule has 0 atom stereocenters. The Bertz CT molecular complexity index is 483. The molecule has 2 heterocycles. The molecule has 2 aromatic heterocycles. The summed E-state index contributed by atoms with van der Waals surface area (Å²) in [4.78, 5) is 11.9. The maximum Gasteiger partial charge on any atom is 0.239 e. The molecular weight excluding hydrogens is 246 g/mol. The summed E-state index contributed by atoms with van der Waals surface area (Å²) in [6, 6.07) is 6.44. The van der Waals surface area contributed by atoms with E-state index in [1.165, 1.54) is 4.88 Å². The van der Waals surface area contributed by atoms with E-state index in [0.717, 1.165) is 12.4 Å². The SMILES string of the molecule is CC(C)N(Cc1cccs1)c1ccnc(NN)n1. The summed E-state index contributed by atoms with van der Waals surface area (Å²) in [5.41, 5.74) is 2.47. The van der Waals surface area contributed by atoms with Gasteiger partial charge in [0, 0.05) is 17.1 Å². The van der Waals surface area contributed by atoms with Crippen LogP contribution < -0.4 is 16.2 Å². The predicted molar refractivity (Wildman–Crippen MR) is 75.5 cm³/mol. The molecule has 0 aliphatic carbocycles. The minimum atomic E-state index is 0.354. The van der Waals surface area contributed by atoms with Crippen LogP contribution in [0.3, 0.4) is 0 Å². The predicted octanol–water partition coefficient (Wildman–Crippen LogP) is 2.24. The molecule has 0 aliphatic heterocycles. The summed E-state index contributed by atoms with van der Waals surface area (Å²) in [6.45, 7) is 5.13. The van der Waals surface area contributed by atoms with Crippen LogP contribution in [-0.2, 0) is 6.54 Å². The number of hydrogen-bond acceptors (Lipinski definition) is 6. The molecule has 2 aromatic rings. The number of hydrazine groups is 1. The standard InChI is InChI=1S/C12H17N5S/c1-9(2)17(8-10-4-3-7-18-10)11-5-6-14-12(15-11)16-13/h3-7,9H,8,13H2,1-2H3,(H,14,15,16). The second-order valence-electron chi connectivity index (χ2n) is 4.18. The van der Waals surface area contributed by atoms with E-state index in [1.54, 1.807) is 17.5 Å². The van der Waals surface area contributed by atoms with Gasteiger partial charge in [-0.25, -0.2) is 10.8 Å². The molecule has 96 valence electrons. The zero-order chi connectivity index (χ0) is 13.0. The van der Waals surface area contributed by atoms with Crippen LogP contribution >= 0.6 is 11.3 Å². The Morgan fingerprint density at radius 3 is 2.89 bits per heavy atom. The molecule has 0 aromatic carbocycles. The number of rotatable bonds is 5. The fourth-order valence-electron chi connectivity index (χ4n) is 1.68. The summed E-state index contributed by atoms with van der Waals surface area (Å²) >= 11 is 1.75. The van der Waals surface area contributed by atoms with Crippen molar-refractivity contribution in [3.8, 4) is 0 Å². The third-order valence-electron chi connectivity index (χ3n) is 2.59. The Kier molecular flexibility index (Phi) is 4.11. The molecule has 0 fully saturated rings. The molecule has 0 saturated carbocycles. The van der Waals surface area contributed by atoms with E-state index in [1.807, 2.05) is 6.07 Å². The highest BCUT2D eigenvalue weighted by Crippen LogP contribution is 2.20. The molecule has 0 bridgehead atoms. The summed E-state index contributed by atoms with van der Waals surface area (Å²) in [6.07, 6.45) is 1.71. The molecule has 0 aliphatic rings. The Morgan fingerprint density at radius 1 is 1.44 bits per heavy atom. The van der Waals surface area contributed by atoms with Crippen molar-refractivity contribution in [1.82, 2.24) is 9.97 Å². The molecule has 0 spiro atoms. The van der Waals surface area contributed by atoms with Crippen molar-refractivity contribution in [3.05, 3.63) is 34.7 Å². The average molecular weight is 263 g/mol. The fourth-order valence-corrected chi connectivity index (χ4v) is 2.38. The van der Waals surface area contributed by atoms with E-state index in [0.29, 0.717) is 12.0 Å². The van der Waals surface area contributed by atoms with E-state index < -0.39 is 0 Å². The van der Waals surface area contributed by atoms with Crippen LogP contribution in [-0.4, -0.2) is 16.0 Å². The second-order valence-corrected chi connectivity index (χ2v) is 5.22. The van der Waals surface area contributed by atoms with Crippen molar-refractivity contribution >= 4 is 23.1 Å². The fraction of sp³-hybridized carbons (Fsp3) is 0.333. The first-order valence-electron chi connectivity index (χ1n) is 5.79. The van der Waals surface area contributed by atoms with Gasteiger partial charge in [-0.05, 0) is 31.4 Å². The van der Waals surface area contributed by atoms with Gasteiger partial charge in [0.25, 0.3) is 0 Å². The highest BCUT2D eigenvalue weighted by Gasteiger charge is 2.13. The summed E-state index contributed by atoms with van der Waals surface area (Å²) in [5, 5.41) is 2.08. The van der Waals surface area contributed by atoms with Gasteiger partial charge in [-0.15, -0.1) is 11.3 Å². The summed E-state index contributed by atoms with van der Waals surface area (Å²) in [7, 11) is 0. The first kappa shape index (κ1) is 12.8. The van der Waals surface area contributed by atoms with Crippen LogP contribution in [0, 0.1) is 0 Å². The largest absolute Gasteiger partial charge is 0.349 e. The monoisotopic (exact) mass is 263 g/mol. The van der Waals surface area contributed by atoms with E-state index in [-0.39, 0.29) is 0 Å². The zero-order valence-corrected chi connectivity index (χ0v) is 11.3. The normalized spacial score (nSPS) is 10.7. The minimum Gasteiger partial charge on any atom is -0.349 e. The van der Waals surface area contributed by atoms with Crippen LogP contribution in [0.15, 0.2) is 29.8 Å². The number of anilines is 2. The lowest BCUT2D eigenvalue weighted by molar-refractivity contribution is 0.676. The minimum absolute atomic E-state index is 0.354. The van der Waals surface area contributed by atoms with Crippen molar-refractivity contribution in [3.63, 3.8) is 0 Å². The lowest BCUT2D eigenvalue weighted by atomic mass is 10.3. The molecule has 3 N–H and O–H groups in total. The molecule has 2 rings (SSSR count). The van der Waals surface area contributed by atoms with Crippen molar-refractivity contribution < 1.29 is 0 Å². The molecule has 18 heavy (non-hydrogen) atoms. The maximum atomic E-state index is 5.34. The van der Waals surface area contributed by atoms with Gasteiger partial charge in [0.05, 0.1) is 6.54 Å². The van der Waals surface area contributed by atoms with Gasteiger partial charge in [0.1, 0.15) is 5.82 Å². The lowest BCUT2D eigenvalue weighted by Gasteiger charge is -2.27. The van der Waals surface area contributed by atoms with Gasteiger partial charge < -0.3 is 4.90 Å². The Balaban J connectivity index is 2.23. The highest BCUT2D eigenvalue weighted by atomic mass is 32.1. The quantitative estimate of drug-likeness (QED) is 0.639. The first-order valence-corrected chi connectivity index (χ1v) is 6.67. The first-order chi connectivity index (χ1) is 8.70. The van der Waals surface area contributed by atoms with Crippen LogP contribution in [0.25, 0.3) is 0 Å². The third kappa shape index (κ3) is 2.96. The average Bonchev–Trinajstić information content (AvgIpc) is 2.88. The molecule has 0 radical (unpaired) electrons. The molecular formula is C12H17N5S. The van der Waals surface area contributed by atoms with Gasteiger partial charge >= 0.3 is 0 Å². The summed E-state index contributed by atoms with van der Waals surface area (Å²) < 4.78 is 0. The number of nitrogens with one attached hydrogen (secondary N) is 1. The van der Waals surface area contributed by atoms with E-state index >= 15 is 0 Å². The van der Waals surface area contributed by atoms with Crippen LogP contribution in [0.4, 0.5) is 11.8 Å². The van der Waals surface area contributed by atoms with Crippen molar-refractivity contribution in [2.45, 2.75) is 26.4 Å². The lowest BCUT2D eigenvalue weighted by Crippen LogP contribution is -2.31. The topological polar surface area (TPSA) is 67.1 Å². The molecule has 5 nitrogen and oxygen atoms in total. The molecule has 0 unspecified atom stereocenters. The van der Waals surface area contributed by atoms with Gasteiger partial charge in [-0.1, -0.05) is 6.07 Å². The molecule has 6 heteroatoms. The zero-order valence-electron chi connectivity index (χ0n) is 10.5. The Morgan fingerprint density at radius 2 is 2.28 bits per heavy atom. The number of hydrogen-bond donors (Lipinski definition) is 2. The van der Waals surface area contributed by atoms with Gasteiger partial charge in [0.2, 0.25) is 5.95 Å². The number of nitrogens with two attached hydrogens (primary N) is 1. The number of aromatic nitrogens is 2. The number of nitrogen functional groups attached to an aromatic ring is 1. The number of nitrogens with zero attached hydrogens (tertiary/aromatic N) is 3. The molecule has 0 saturated heterocycles. The van der Waals surface area contributed by atoms with Crippen molar-refractivity contribution in [2.24, 2.45) is 5.84 Å². The van der Waals surface area contributed by atoms with Crippen LogP contribution in [0.5, 0.6) is 0 Å². The highest BCUT2D eigenvalue weighted by molar-refractivity contribution is 7.09. The third-order valence-corrected chi connectivity index (χ3v) is 3.46. The van der Waals surface area contributed by atoms with Crippen LogP contribution in [0.1, 0.15) is 18.7 Å². The van der Waals surface area contributed by atoms with E-state index in [2.05, 4.69) is 51.7 Å². The van der Waals surface area contributed by atoms with Gasteiger partial charge in [0.15, 0.2) is 0 Å². The van der Waals surface area contributed by atoms with E-state index in [4.69, 9.17) is 5.84 Å². The van der Waals surface area contributed by atoms with E-state index in [9.17, 15) is 0 Å². The van der Waals surface area contributed by atoms with Crippen LogP contribution in [0.2, 0.25) is 0 Å². The Hall–Kier alpha value is -1.66. The molecule has 0 amide bonds. The van der Waals surface area contributed by atoms with Crippen molar-refractivity contribution in [1.29, 1.82) is 0 Å². The van der Waals surface area contributed by atoms with Gasteiger partial charge in [-0.3, -0.25) is 5.43 Å². The number of thiophene rings is 1.